The van der Waals surface area contributed by atoms with Crippen molar-refractivity contribution in [2.24, 2.45) is 11.5 Å². The molecule has 66 valence electrons. The van der Waals surface area contributed by atoms with E-state index in [0.717, 1.165) is 0 Å². The molecule has 0 spiro atoms. The first-order chi connectivity index (χ1) is 5.65. The summed E-state index contributed by atoms with van der Waals surface area (Å²) in [6.07, 6.45) is -0.805. The molecule has 1 aromatic carbocycles. The monoisotopic (exact) mass is 170 g/mol. The lowest BCUT2D eigenvalue weighted by Crippen LogP contribution is -2.21. The molecule has 4 N–H and O–H groups in total. The van der Waals surface area contributed by atoms with E-state index < -0.39 is 12.0 Å². The Morgan fingerprint density at radius 3 is 2.58 bits per heavy atom. The lowest BCUT2D eigenvalue weighted by atomic mass is 10.1. The van der Waals surface area contributed by atoms with E-state index in [-0.39, 0.29) is 5.56 Å². The molecule has 0 radical (unpaired) electrons. The predicted octanol–water partition coefficient (Wildman–Crippen LogP) is 0.750. The minimum absolute atomic E-state index is 0.259. The fraction of sp³-hybridized carbons (Fsp3) is 0.250. The molecule has 3 nitrogen and oxygen atoms in total. The van der Waals surface area contributed by atoms with Crippen LogP contribution in [0.1, 0.15) is 11.7 Å². The first-order valence-electron chi connectivity index (χ1n) is 3.49. The van der Waals surface area contributed by atoms with Gasteiger partial charge in [0.2, 0.25) is 0 Å². The highest BCUT2D eigenvalue weighted by Crippen LogP contribution is 2.18. The number of halogens is 1. The van der Waals surface area contributed by atoms with Gasteiger partial charge in [0.15, 0.2) is 0 Å². The van der Waals surface area contributed by atoms with Crippen LogP contribution in [0.3, 0.4) is 0 Å². The highest BCUT2D eigenvalue weighted by molar-refractivity contribution is 5.31. The molecule has 0 aromatic heterocycles. The van der Waals surface area contributed by atoms with Crippen LogP contribution in [0.25, 0.3) is 0 Å². The van der Waals surface area contributed by atoms with Crippen LogP contribution in [0.2, 0.25) is 0 Å². The summed E-state index contributed by atoms with van der Waals surface area (Å²) in [5, 5.41) is 0. The van der Waals surface area contributed by atoms with Gasteiger partial charge < -0.3 is 16.2 Å². The van der Waals surface area contributed by atoms with Crippen molar-refractivity contribution >= 4 is 0 Å². The standard InChI is InChI=1S/C8H11FN2O/c1-12-5-2-3-7(9)6(4-5)8(10)11/h2-4,8H,10-11H2,1H3. The molecule has 0 aliphatic heterocycles. The summed E-state index contributed by atoms with van der Waals surface area (Å²) in [5.41, 5.74) is 10.9. The van der Waals surface area contributed by atoms with Crippen LogP contribution in [0.4, 0.5) is 4.39 Å². The van der Waals surface area contributed by atoms with Crippen LogP contribution in [0, 0.1) is 5.82 Å². The quantitative estimate of drug-likeness (QED) is 0.644. The van der Waals surface area contributed by atoms with Crippen molar-refractivity contribution in [2.45, 2.75) is 6.17 Å². The normalized spacial score (nSPS) is 10.4. The first kappa shape index (κ1) is 8.96. The van der Waals surface area contributed by atoms with Gasteiger partial charge in [0.05, 0.1) is 13.3 Å². The van der Waals surface area contributed by atoms with Crippen LogP contribution in [-0.2, 0) is 0 Å². The molecular formula is C8H11FN2O. The molecule has 0 heterocycles. The van der Waals surface area contributed by atoms with Crippen LogP contribution in [0.15, 0.2) is 18.2 Å². The van der Waals surface area contributed by atoms with Gasteiger partial charge in [-0.3, -0.25) is 0 Å². The Morgan fingerprint density at radius 1 is 1.42 bits per heavy atom. The van der Waals surface area contributed by atoms with Gasteiger partial charge in [-0.05, 0) is 18.2 Å². The number of benzene rings is 1. The zero-order valence-electron chi connectivity index (χ0n) is 6.75. The molecule has 0 amide bonds. The summed E-state index contributed by atoms with van der Waals surface area (Å²) in [6.45, 7) is 0. The summed E-state index contributed by atoms with van der Waals surface area (Å²) in [6, 6.07) is 4.28. The van der Waals surface area contributed by atoms with Crippen molar-refractivity contribution in [1.29, 1.82) is 0 Å². The van der Waals surface area contributed by atoms with E-state index >= 15 is 0 Å². The summed E-state index contributed by atoms with van der Waals surface area (Å²) >= 11 is 0. The first-order valence-corrected chi connectivity index (χ1v) is 3.49. The summed E-state index contributed by atoms with van der Waals surface area (Å²) < 4.78 is 17.8. The zero-order valence-corrected chi connectivity index (χ0v) is 6.75. The Morgan fingerprint density at radius 2 is 2.08 bits per heavy atom. The topological polar surface area (TPSA) is 61.3 Å². The number of hydrogen-bond acceptors (Lipinski definition) is 3. The molecular weight excluding hydrogens is 159 g/mol. The molecule has 0 saturated heterocycles. The molecule has 1 aromatic rings. The van der Waals surface area contributed by atoms with E-state index in [2.05, 4.69) is 0 Å². The Bertz CT molecular complexity index is 276. The number of rotatable bonds is 2. The van der Waals surface area contributed by atoms with Crippen LogP contribution in [0.5, 0.6) is 5.75 Å². The lowest BCUT2D eigenvalue weighted by molar-refractivity contribution is 0.412. The second-order valence-corrected chi connectivity index (χ2v) is 2.41. The van der Waals surface area contributed by atoms with E-state index in [0.29, 0.717) is 5.75 Å². The molecule has 0 saturated carbocycles. The Labute approximate surface area is 70.1 Å². The van der Waals surface area contributed by atoms with Gasteiger partial charge in [-0.1, -0.05) is 0 Å². The van der Waals surface area contributed by atoms with Crippen LogP contribution >= 0.6 is 0 Å². The van der Waals surface area contributed by atoms with E-state index in [1.807, 2.05) is 0 Å². The van der Waals surface area contributed by atoms with Crippen LogP contribution < -0.4 is 16.2 Å². The molecule has 0 bridgehead atoms. The van der Waals surface area contributed by atoms with E-state index in [1.54, 1.807) is 0 Å². The minimum atomic E-state index is -0.805. The maximum Gasteiger partial charge on any atom is 0.129 e. The van der Waals surface area contributed by atoms with Gasteiger partial charge in [0.1, 0.15) is 11.6 Å². The fourth-order valence-electron chi connectivity index (χ4n) is 0.904. The third-order valence-corrected chi connectivity index (χ3v) is 1.56. The molecule has 0 unspecified atom stereocenters. The zero-order chi connectivity index (χ0) is 9.14. The Balaban J connectivity index is 3.08. The summed E-state index contributed by atoms with van der Waals surface area (Å²) in [7, 11) is 1.50. The molecule has 4 heteroatoms. The number of methoxy groups -OCH3 is 1. The van der Waals surface area contributed by atoms with Crippen molar-refractivity contribution in [3.05, 3.63) is 29.6 Å². The van der Waals surface area contributed by atoms with E-state index in [9.17, 15) is 4.39 Å². The minimum Gasteiger partial charge on any atom is -0.497 e. The number of ether oxygens (including phenoxy) is 1. The lowest BCUT2D eigenvalue weighted by Gasteiger charge is -2.08. The number of hydrogen-bond donors (Lipinski definition) is 2. The number of nitrogens with two attached hydrogens (primary N) is 2. The molecule has 0 fully saturated rings. The highest BCUT2D eigenvalue weighted by Gasteiger charge is 2.07. The molecule has 0 atom stereocenters. The second kappa shape index (κ2) is 3.51. The average Bonchev–Trinajstić information content (AvgIpc) is 2.05. The summed E-state index contributed by atoms with van der Waals surface area (Å²) in [4.78, 5) is 0. The van der Waals surface area contributed by atoms with Gasteiger partial charge in [0.25, 0.3) is 0 Å². The Hall–Kier alpha value is -1.13. The molecule has 0 aliphatic rings. The largest absolute Gasteiger partial charge is 0.497 e. The van der Waals surface area contributed by atoms with Gasteiger partial charge in [-0.25, -0.2) is 4.39 Å². The van der Waals surface area contributed by atoms with Crippen molar-refractivity contribution in [2.75, 3.05) is 7.11 Å². The SMILES string of the molecule is COc1ccc(F)c(C(N)N)c1. The second-order valence-electron chi connectivity index (χ2n) is 2.41. The third kappa shape index (κ3) is 1.72. The average molecular weight is 170 g/mol. The van der Waals surface area contributed by atoms with Gasteiger partial charge in [-0.2, -0.15) is 0 Å². The van der Waals surface area contributed by atoms with E-state index in [1.165, 1.54) is 25.3 Å². The summed E-state index contributed by atoms with van der Waals surface area (Å²) in [5.74, 6) is 0.137. The van der Waals surface area contributed by atoms with Crippen molar-refractivity contribution < 1.29 is 9.13 Å². The third-order valence-electron chi connectivity index (χ3n) is 1.56. The van der Waals surface area contributed by atoms with Gasteiger partial charge in [-0.15, -0.1) is 0 Å². The predicted molar refractivity (Wildman–Crippen MR) is 44.1 cm³/mol. The van der Waals surface area contributed by atoms with Crippen molar-refractivity contribution in [1.82, 2.24) is 0 Å². The molecule has 12 heavy (non-hydrogen) atoms. The maximum absolute atomic E-state index is 12.9. The molecule has 1 rings (SSSR count). The van der Waals surface area contributed by atoms with Gasteiger partial charge in [0, 0.05) is 5.56 Å². The molecule has 0 aliphatic carbocycles. The van der Waals surface area contributed by atoms with Crippen molar-refractivity contribution in [3.8, 4) is 5.75 Å². The smallest absolute Gasteiger partial charge is 0.129 e. The van der Waals surface area contributed by atoms with Crippen LogP contribution in [-0.4, -0.2) is 7.11 Å². The maximum atomic E-state index is 12.9. The van der Waals surface area contributed by atoms with E-state index in [4.69, 9.17) is 16.2 Å². The fourth-order valence-corrected chi connectivity index (χ4v) is 0.904. The Kier molecular flexibility index (Phi) is 2.62. The van der Waals surface area contributed by atoms with Gasteiger partial charge >= 0.3 is 0 Å². The van der Waals surface area contributed by atoms with Crippen molar-refractivity contribution in [3.63, 3.8) is 0 Å². The highest BCUT2D eigenvalue weighted by atomic mass is 19.1.